The zero-order chi connectivity index (χ0) is 27.4. The van der Waals surface area contributed by atoms with Crippen molar-refractivity contribution in [3.05, 3.63) is 64.8 Å². The van der Waals surface area contributed by atoms with Crippen LogP contribution in [0, 0.1) is 6.92 Å². The number of carbonyl (C=O) groups excluding carboxylic acids is 2. The van der Waals surface area contributed by atoms with Crippen LogP contribution in [-0.4, -0.2) is 66.3 Å². The fraction of sp³-hybridized carbons (Fsp3) is 0.433. The summed E-state index contributed by atoms with van der Waals surface area (Å²) in [5.74, 6) is -0.456. The first kappa shape index (κ1) is 26.7. The number of urea groups is 1. The van der Waals surface area contributed by atoms with Gasteiger partial charge in [0.05, 0.1) is 11.4 Å². The number of benzene rings is 2. The molecule has 2 aromatic carbocycles. The summed E-state index contributed by atoms with van der Waals surface area (Å²) in [6.07, 6.45) is 5.97. The van der Waals surface area contributed by atoms with Crippen LogP contribution in [-0.2, 0) is 12.8 Å². The fourth-order valence-electron chi connectivity index (χ4n) is 5.56. The zero-order valence-corrected chi connectivity index (χ0v) is 22.9. The normalized spacial score (nSPS) is 16.4. The summed E-state index contributed by atoms with van der Waals surface area (Å²) in [5.41, 5.74) is 12.9. The Morgan fingerprint density at radius 3 is 2.54 bits per heavy atom. The summed E-state index contributed by atoms with van der Waals surface area (Å²) in [6.45, 7) is 5.97. The monoisotopic (exact) mass is 529 g/mol. The van der Waals surface area contributed by atoms with Crippen molar-refractivity contribution in [2.75, 3.05) is 43.4 Å². The van der Waals surface area contributed by atoms with Gasteiger partial charge in [-0.15, -0.1) is 0 Å². The van der Waals surface area contributed by atoms with Gasteiger partial charge in [-0.1, -0.05) is 18.9 Å². The van der Waals surface area contributed by atoms with E-state index in [1.165, 1.54) is 18.4 Å². The zero-order valence-electron chi connectivity index (χ0n) is 22.9. The summed E-state index contributed by atoms with van der Waals surface area (Å²) in [6, 6.07) is 14.0. The standard InChI is InChI=1S/C30H39N7O2/c1-20-7-9-23(33-30(39)32-22-5-3-4-6-22)17-21(20)8-10-24-18-28(35-34-24)27-19-25(11-12-26(27)29(31)38)37-15-13-36(2)14-16-37/h7,9,11-12,17-19,22H,3-6,8,10,13-16H2,1-2H3,(H2,31,38)(H,34,35)(H2,32,33,39). The van der Waals surface area contributed by atoms with Crippen molar-refractivity contribution in [1.82, 2.24) is 20.4 Å². The Bertz CT molecular complexity index is 1320. The smallest absolute Gasteiger partial charge is 0.319 e. The summed E-state index contributed by atoms with van der Waals surface area (Å²) in [5, 5.41) is 13.7. The molecule has 0 atom stereocenters. The molecule has 0 bridgehead atoms. The second-order valence-electron chi connectivity index (χ2n) is 10.9. The van der Waals surface area contributed by atoms with Crippen molar-refractivity contribution >= 4 is 23.3 Å². The number of piperazine rings is 1. The van der Waals surface area contributed by atoms with Gasteiger partial charge in [-0.2, -0.15) is 5.10 Å². The van der Waals surface area contributed by atoms with Crippen molar-refractivity contribution in [1.29, 1.82) is 0 Å². The lowest BCUT2D eigenvalue weighted by Crippen LogP contribution is -2.44. The number of nitrogens with two attached hydrogens (primary N) is 1. The van der Waals surface area contributed by atoms with E-state index in [9.17, 15) is 9.59 Å². The van der Waals surface area contributed by atoms with Crippen LogP contribution < -0.4 is 21.3 Å². The number of rotatable bonds is 8. The Morgan fingerprint density at radius 1 is 1.03 bits per heavy atom. The minimum atomic E-state index is -0.456. The number of anilines is 2. The third kappa shape index (κ3) is 6.60. The molecular weight excluding hydrogens is 490 g/mol. The maximum atomic E-state index is 12.4. The van der Waals surface area contributed by atoms with Gasteiger partial charge in [0.2, 0.25) is 5.91 Å². The number of H-pyrrole nitrogens is 1. The van der Waals surface area contributed by atoms with Gasteiger partial charge in [-0.25, -0.2) is 4.79 Å². The average Bonchev–Trinajstić information content (AvgIpc) is 3.61. The van der Waals surface area contributed by atoms with Gasteiger partial charge in [0.1, 0.15) is 0 Å². The molecule has 2 aliphatic rings. The quantitative estimate of drug-likeness (QED) is 0.351. The molecule has 0 spiro atoms. The van der Waals surface area contributed by atoms with Gasteiger partial charge in [0.15, 0.2) is 0 Å². The second kappa shape index (κ2) is 11.9. The number of aromatic nitrogens is 2. The molecule has 1 aliphatic carbocycles. The van der Waals surface area contributed by atoms with E-state index in [0.717, 1.165) is 85.8 Å². The van der Waals surface area contributed by atoms with Gasteiger partial charge < -0.3 is 26.2 Å². The van der Waals surface area contributed by atoms with Crippen LogP contribution in [0.3, 0.4) is 0 Å². The maximum Gasteiger partial charge on any atom is 0.319 e. The van der Waals surface area contributed by atoms with Crippen molar-refractivity contribution in [2.45, 2.75) is 51.5 Å². The molecule has 9 nitrogen and oxygen atoms in total. The highest BCUT2D eigenvalue weighted by Crippen LogP contribution is 2.29. The van der Waals surface area contributed by atoms with Crippen LogP contribution in [0.5, 0.6) is 0 Å². The Labute approximate surface area is 230 Å². The van der Waals surface area contributed by atoms with Crippen molar-refractivity contribution in [2.24, 2.45) is 5.73 Å². The van der Waals surface area contributed by atoms with Gasteiger partial charge in [0, 0.05) is 54.7 Å². The number of amides is 3. The molecule has 5 rings (SSSR count). The van der Waals surface area contributed by atoms with E-state index < -0.39 is 5.91 Å². The van der Waals surface area contributed by atoms with Crippen LogP contribution in [0.25, 0.3) is 11.3 Å². The Hall–Kier alpha value is -3.85. The van der Waals surface area contributed by atoms with Gasteiger partial charge in [0.25, 0.3) is 0 Å². The number of primary amides is 1. The lowest BCUT2D eigenvalue weighted by molar-refractivity contribution is 0.100. The molecule has 39 heavy (non-hydrogen) atoms. The SMILES string of the molecule is Cc1ccc(NC(=O)NC2CCCC2)cc1CCc1cc(-c2cc(N3CCN(C)CC3)ccc2C(N)=O)[nH]n1. The van der Waals surface area contributed by atoms with Crippen LogP contribution in [0.4, 0.5) is 16.2 Å². The molecule has 3 amide bonds. The first-order chi connectivity index (χ1) is 18.9. The Balaban J connectivity index is 1.27. The average molecular weight is 530 g/mol. The number of aryl methyl sites for hydroxylation is 3. The number of hydrogen-bond acceptors (Lipinski definition) is 5. The molecule has 1 saturated carbocycles. The minimum Gasteiger partial charge on any atom is -0.369 e. The second-order valence-corrected chi connectivity index (χ2v) is 10.9. The number of carbonyl (C=O) groups is 2. The number of nitrogens with one attached hydrogen (secondary N) is 3. The first-order valence-corrected chi connectivity index (χ1v) is 13.9. The molecule has 0 radical (unpaired) electrons. The van der Waals surface area contributed by atoms with Gasteiger partial charge in [-0.3, -0.25) is 9.89 Å². The fourth-order valence-corrected chi connectivity index (χ4v) is 5.56. The molecule has 1 saturated heterocycles. The molecule has 0 unspecified atom stereocenters. The van der Waals surface area contributed by atoms with E-state index in [1.807, 2.05) is 42.5 Å². The highest BCUT2D eigenvalue weighted by Gasteiger charge is 2.19. The summed E-state index contributed by atoms with van der Waals surface area (Å²) >= 11 is 0. The number of hydrogen-bond donors (Lipinski definition) is 4. The number of nitrogens with zero attached hydrogens (tertiary/aromatic N) is 3. The molecule has 5 N–H and O–H groups in total. The predicted molar refractivity (Wildman–Crippen MR) is 155 cm³/mol. The number of aromatic amines is 1. The maximum absolute atomic E-state index is 12.4. The Morgan fingerprint density at radius 2 is 1.79 bits per heavy atom. The molecule has 1 aliphatic heterocycles. The van der Waals surface area contributed by atoms with Crippen molar-refractivity contribution in [3.63, 3.8) is 0 Å². The van der Waals surface area contributed by atoms with Gasteiger partial charge >= 0.3 is 6.03 Å². The predicted octanol–water partition coefficient (Wildman–Crippen LogP) is 4.09. The largest absolute Gasteiger partial charge is 0.369 e. The molecule has 206 valence electrons. The summed E-state index contributed by atoms with van der Waals surface area (Å²) < 4.78 is 0. The molecule has 2 heterocycles. The first-order valence-electron chi connectivity index (χ1n) is 13.9. The molecule has 3 aromatic rings. The van der Waals surface area contributed by atoms with E-state index in [0.29, 0.717) is 5.56 Å². The lowest BCUT2D eigenvalue weighted by atomic mass is 10.00. The van der Waals surface area contributed by atoms with E-state index in [4.69, 9.17) is 5.73 Å². The highest BCUT2D eigenvalue weighted by molar-refractivity contribution is 6.00. The topological polar surface area (TPSA) is 119 Å². The molecule has 2 fully saturated rings. The molecule has 9 heteroatoms. The third-order valence-corrected chi connectivity index (χ3v) is 8.01. The summed E-state index contributed by atoms with van der Waals surface area (Å²) in [4.78, 5) is 29.3. The van der Waals surface area contributed by atoms with E-state index in [-0.39, 0.29) is 12.1 Å². The van der Waals surface area contributed by atoms with E-state index >= 15 is 0 Å². The molecule has 1 aromatic heterocycles. The van der Waals surface area contributed by atoms with Crippen LogP contribution in [0.1, 0.15) is 52.9 Å². The molecular formula is C30H39N7O2. The Kier molecular flexibility index (Phi) is 8.16. The minimum absolute atomic E-state index is 0.141. The van der Waals surface area contributed by atoms with Crippen LogP contribution in [0.15, 0.2) is 42.5 Å². The number of likely N-dealkylation sites (N-methyl/N-ethyl adjacent to an activating group) is 1. The van der Waals surface area contributed by atoms with Crippen LogP contribution >= 0.6 is 0 Å². The van der Waals surface area contributed by atoms with Crippen LogP contribution in [0.2, 0.25) is 0 Å². The lowest BCUT2D eigenvalue weighted by Gasteiger charge is -2.34. The van der Waals surface area contributed by atoms with E-state index in [1.54, 1.807) is 0 Å². The van der Waals surface area contributed by atoms with Crippen molar-refractivity contribution in [3.8, 4) is 11.3 Å². The van der Waals surface area contributed by atoms with Gasteiger partial charge in [-0.05, 0) is 87.2 Å². The van der Waals surface area contributed by atoms with E-state index in [2.05, 4.69) is 44.6 Å². The van der Waals surface area contributed by atoms with Crippen molar-refractivity contribution < 1.29 is 9.59 Å². The highest BCUT2D eigenvalue weighted by atomic mass is 16.2. The summed E-state index contributed by atoms with van der Waals surface area (Å²) in [7, 11) is 2.13. The third-order valence-electron chi connectivity index (χ3n) is 8.01.